The fraction of sp³-hybridized carbons (Fsp3) is 0.525. The van der Waals surface area contributed by atoms with E-state index >= 15 is 0 Å². The largest absolute Gasteiger partial charge is 0.389 e. The van der Waals surface area contributed by atoms with Crippen molar-refractivity contribution in [2.24, 2.45) is 17.8 Å². The molecule has 2 fully saturated rings. The van der Waals surface area contributed by atoms with Gasteiger partial charge in [-0.05, 0) is 93.0 Å². The Bertz CT molecular complexity index is 1890. The number of aliphatic hydroxyl groups excluding tert-OH is 1. The van der Waals surface area contributed by atoms with Crippen molar-refractivity contribution in [2.75, 3.05) is 19.3 Å². The monoisotopic (exact) mass is 696 g/mol. The first-order chi connectivity index (χ1) is 23.7. The highest BCUT2D eigenvalue weighted by atomic mass is 32.2. The maximum atomic E-state index is 13.6. The number of benzene rings is 2. The zero-order valence-corrected chi connectivity index (χ0v) is 31.4. The summed E-state index contributed by atoms with van der Waals surface area (Å²) in [5, 5.41) is 22.1. The number of carbonyl (C=O) groups is 1. The van der Waals surface area contributed by atoms with Crippen LogP contribution in [0.3, 0.4) is 0 Å². The van der Waals surface area contributed by atoms with Crippen LogP contribution in [0.4, 0.5) is 0 Å². The Hall–Kier alpha value is -3.62. The van der Waals surface area contributed by atoms with E-state index in [1.807, 2.05) is 78.6 Å². The number of nitrogens with zero attached hydrogens (tertiary/aromatic N) is 4. The number of likely N-dealkylation sites (tertiary alicyclic amines) is 2. The highest BCUT2D eigenvalue weighted by Crippen LogP contribution is 2.41. The van der Waals surface area contributed by atoms with Crippen molar-refractivity contribution >= 4 is 28.7 Å². The summed E-state index contributed by atoms with van der Waals surface area (Å²) in [5.41, 5.74) is 4.49. The lowest BCUT2D eigenvalue weighted by molar-refractivity contribution is -0.135. The van der Waals surface area contributed by atoms with Crippen LogP contribution in [-0.4, -0.2) is 81.8 Å². The van der Waals surface area contributed by atoms with Crippen molar-refractivity contribution in [1.29, 1.82) is 0 Å². The summed E-state index contributed by atoms with van der Waals surface area (Å²) >= 11 is 1.63. The maximum absolute atomic E-state index is 13.6. The Morgan fingerprint density at radius 3 is 2.42 bits per heavy atom. The number of H-pyrrole nitrogens is 2. The molecule has 2 aliphatic heterocycles. The van der Waals surface area contributed by atoms with Crippen LogP contribution in [-0.2, 0) is 4.79 Å². The first-order valence-electron chi connectivity index (χ1n) is 17.9. The molecule has 4 N–H and O–H groups in total. The molecule has 2 aromatic carbocycles. The van der Waals surface area contributed by atoms with Crippen LogP contribution in [0.25, 0.3) is 22.3 Å². The van der Waals surface area contributed by atoms with E-state index in [1.165, 1.54) is 0 Å². The molecule has 4 aromatic rings. The van der Waals surface area contributed by atoms with Crippen LogP contribution in [0, 0.1) is 29.6 Å². The van der Waals surface area contributed by atoms with Gasteiger partial charge in [0.25, 0.3) is 0 Å². The van der Waals surface area contributed by atoms with Gasteiger partial charge in [0, 0.05) is 24.2 Å². The third-order valence-corrected chi connectivity index (χ3v) is 12.7. The first kappa shape index (κ1) is 36.2. The summed E-state index contributed by atoms with van der Waals surface area (Å²) in [6.45, 7) is 15.5. The molecular weight excluding hydrogens is 645 g/mol. The van der Waals surface area contributed by atoms with Crippen molar-refractivity contribution in [3.8, 4) is 23.1 Å². The molecule has 266 valence electrons. The number of aromatic amines is 2. The van der Waals surface area contributed by atoms with Gasteiger partial charge in [-0.1, -0.05) is 58.6 Å². The normalized spacial score (nSPS) is 23.7. The van der Waals surface area contributed by atoms with Crippen molar-refractivity contribution in [3.63, 3.8) is 0 Å². The molecule has 6 unspecified atom stereocenters. The Morgan fingerprint density at radius 1 is 1.04 bits per heavy atom. The number of carbonyl (C=O) groups excluding carboxylic acids is 1. The molecule has 0 radical (unpaired) electrons. The van der Waals surface area contributed by atoms with Gasteiger partial charge in [-0.25, -0.2) is 9.97 Å². The predicted molar refractivity (Wildman–Crippen MR) is 201 cm³/mol. The zero-order chi connectivity index (χ0) is 36.0. The zero-order valence-electron chi connectivity index (χ0n) is 30.6. The van der Waals surface area contributed by atoms with Gasteiger partial charge in [-0.3, -0.25) is 9.69 Å². The third kappa shape index (κ3) is 7.11. The topological polar surface area (TPSA) is 121 Å². The minimum Gasteiger partial charge on any atom is -0.389 e. The number of hydrogen-bond acceptors (Lipinski definition) is 7. The van der Waals surface area contributed by atoms with Gasteiger partial charge >= 0.3 is 0 Å². The van der Waals surface area contributed by atoms with Crippen molar-refractivity contribution in [1.82, 2.24) is 29.7 Å². The van der Waals surface area contributed by atoms with Gasteiger partial charge < -0.3 is 25.1 Å². The van der Waals surface area contributed by atoms with Crippen LogP contribution in [0.1, 0.15) is 103 Å². The summed E-state index contributed by atoms with van der Waals surface area (Å²) < 4.78 is -0.460. The van der Waals surface area contributed by atoms with Crippen LogP contribution in [0.15, 0.2) is 48.7 Å². The van der Waals surface area contributed by atoms with Gasteiger partial charge in [0.15, 0.2) is 0 Å². The molecule has 1 amide bonds. The number of fused-ring (bicyclic) bond motifs is 1. The SMILES string of the molecule is CSC(C)(C(=O)N1CCCC1c1ncc(-c2ccc(C#Cc3ccc4nc(C5CC(C)(O)CN5C(O)C(C)C(C)C)[nH]c4c3)cc2)[nH]1)C(C)C. The van der Waals surface area contributed by atoms with Gasteiger partial charge in [0.05, 0.1) is 45.4 Å². The number of rotatable bonds is 9. The van der Waals surface area contributed by atoms with E-state index in [4.69, 9.17) is 9.97 Å². The second-order valence-electron chi connectivity index (χ2n) is 15.4. The van der Waals surface area contributed by atoms with E-state index in [2.05, 4.69) is 56.4 Å². The average Bonchev–Trinajstić information content (AvgIpc) is 3.90. The minimum absolute atomic E-state index is 0.0398. The van der Waals surface area contributed by atoms with Crippen molar-refractivity contribution in [2.45, 2.75) is 96.4 Å². The molecule has 9 nitrogen and oxygen atoms in total. The number of amides is 1. The molecule has 0 bridgehead atoms. The second-order valence-corrected chi connectivity index (χ2v) is 16.6. The number of hydrogen-bond donors (Lipinski definition) is 4. The highest BCUT2D eigenvalue weighted by molar-refractivity contribution is 8.00. The Labute approximate surface area is 300 Å². The molecular formula is C40H52N6O3S. The molecule has 6 atom stereocenters. The summed E-state index contributed by atoms with van der Waals surface area (Å²) in [5.74, 6) is 8.94. The van der Waals surface area contributed by atoms with Gasteiger partial charge in [-0.15, -0.1) is 11.8 Å². The Balaban J connectivity index is 1.15. The lowest BCUT2D eigenvalue weighted by Gasteiger charge is -2.36. The third-order valence-electron chi connectivity index (χ3n) is 11.2. The summed E-state index contributed by atoms with van der Waals surface area (Å²) in [7, 11) is 0. The number of aromatic nitrogens is 4. The summed E-state index contributed by atoms with van der Waals surface area (Å²) in [6.07, 6.45) is 5.58. The lowest BCUT2D eigenvalue weighted by Crippen LogP contribution is -2.47. The number of nitrogens with one attached hydrogen (secondary N) is 2. The molecule has 0 spiro atoms. The molecule has 0 aliphatic carbocycles. The van der Waals surface area contributed by atoms with E-state index in [0.717, 1.165) is 64.5 Å². The summed E-state index contributed by atoms with van der Waals surface area (Å²) in [4.78, 5) is 34.2. The highest BCUT2D eigenvalue weighted by Gasteiger charge is 2.46. The van der Waals surface area contributed by atoms with E-state index in [1.54, 1.807) is 11.8 Å². The standard InChI is InChI=1S/C40H52N6O3S/c1-24(2)26(5)37(47)46-23-39(6,49)21-34(46)36-42-30-18-15-28(20-31(30)43-36)12-11-27-13-16-29(17-14-27)32-22-41-35(44-32)33-10-9-19-45(33)38(48)40(7,50-8)25(3)4/h13-18,20,22,24-26,33-34,37,47,49H,9-10,19,21,23H2,1-8H3,(H,41,44)(H,42,43). The molecule has 50 heavy (non-hydrogen) atoms. The fourth-order valence-corrected chi connectivity index (χ4v) is 7.99. The van der Waals surface area contributed by atoms with E-state index < -0.39 is 16.6 Å². The number of thioether (sulfide) groups is 1. The minimum atomic E-state index is -0.908. The number of aliphatic hydroxyl groups is 2. The maximum Gasteiger partial charge on any atom is 0.239 e. The molecule has 6 rings (SSSR count). The van der Waals surface area contributed by atoms with E-state index in [-0.39, 0.29) is 29.8 Å². The van der Waals surface area contributed by atoms with Gasteiger partial charge in [0.2, 0.25) is 5.91 Å². The van der Waals surface area contributed by atoms with Crippen molar-refractivity contribution in [3.05, 3.63) is 71.4 Å². The number of imidazole rings is 2. The van der Waals surface area contributed by atoms with Crippen LogP contribution < -0.4 is 0 Å². The lowest BCUT2D eigenvalue weighted by atomic mass is 9.95. The van der Waals surface area contributed by atoms with Crippen LogP contribution >= 0.6 is 11.8 Å². The van der Waals surface area contributed by atoms with Crippen LogP contribution in [0.5, 0.6) is 0 Å². The van der Waals surface area contributed by atoms with Crippen molar-refractivity contribution < 1.29 is 15.0 Å². The molecule has 2 saturated heterocycles. The fourth-order valence-electron chi connectivity index (χ4n) is 7.22. The number of β-amino-alcohol motifs (C(OH)–C–C–N with tert-alkyl or cyclic N) is 1. The molecule has 2 aliphatic rings. The Morgan fingerprint density at radius 2 is 1.74 bits per heavy atom. The molecule has 2 aromatic heterocycles. The summed E-state index contributed by atoms with van der Waals surface area (Å²) in [6, 6.07) is 13.8. The average molecular weight is 697 g/mol. The predicted octanol–water partition coefficient (Wildman–Crippen LogP) is 6.90. The molecule has 10 heteroatoms. The van der Waals surface area contributed by atoms with E-state index in [0.29, 0.717) is 18.9 Å². The van der Waals surface area contributed by atoms with Gasteiger partial charge in [-0.2, -0.15) is 0 Å². The second kappa shape index (κ2) is 14.2. The quantitative estimate of drug-likeness (QED) is 0.141. The molecule has 4 heterocycles. The smallest absolute Gasteiger partial charge is 0.239 e. The van der Waals surface area contributed by atoms with Crippen LogP contribution in [0.2, 0.25) is 0 Å². The van der Waals surface area contributed by atoms with Gasteiger partial charge in [0.1, 0.15) is 17.9 Å². The first-order valence-corrected chi connectivity index (χ1v) is 19.1. The van der Waals surface area contributed by atoms with E-state index in [9.17, 15) is 15.0 Å². The Kier molecular flexibility index (Phi) is 10.3. The molecule has 0 saturated carbocycles.